The number of sulfone groups is 1. The van der Waals surface area contributed by atoms with Gasteiger partial charge in [-0.1, -0.05) is 12.1 Å². The van der Waals surface area contributed by atoms with E-state index in [4.69, 9.17) is 0 Å². The van der Waals surface area contributed by atoms with Crippen molar-refractivity contribution in [3.8, 4) is 11.3 Å². The van der Waals surface area contributed by atoms with Gasteiger partial charge in [0, 0.05) is 40.9 Å². The van der Waals surface area contributed by atoms with Gasteiger partial charge in [0.1, 0.15) is 11.8 Å². The molecule has 0 aliphatic heterocycles. The molecule has 0 aliphatic rings. The Kier molecular flexibility index (Phi) is 5.98. The van der Waals surface area contributed by atoms with Gasteiger partial charge in [0.2, 0.25) is 0 Å². The second kappa shape index (κ2) is 9.04. The van der Waals surface area contributed by atoms with E-state index < -0.39 is 22.1 Å². The van der Waals surface area contributed by atoms with Crippen molar-refractivity contribution in [1.29, 1.82) is 0 Å². The normalized spacial score (nSPS) is 13.1. The molecule has 0 radical (unpaired) electrons. The van der Waals surface area contributed by atoms with E-state index in [1.165, 1.54) is 36.7 Å². The van der Waals surface area contributed by atoms with Gasteiger partial charge in [0.05, 0.1) is 21.6 Å². The number of nitrogens with one attached hydrogen (secondary N) is 1. The third-order valence-corrected chi connectivity index (χ3v) is 6.94. The minimum absolute atomic E-state index is 0.0460. The number of para-hydroxylation sites is 1. The first kappa shape index (κ1) is 24.5. The largest absolute Gasteiger partial charge is 0.412 e. The van der Waals surface area contributed by atoms with Crippen molar-refractivity contribution >= 4 is 37.6 Å². The summed E-state index contributed by atoms with van der Waals surface area (Å²) in [6.07, 6.45) is 0.344. The Morgan fingerprint density at radius 1 is 0.919 bits per heavy atom. The van der Waals surface area contributed by atoms with Crippen molar-refractivity contribution in [3.05, 3.63) is 78.5 Å². The van der Waals surface area contributed by atoms with Crippen LogP contribution in [0.25, 0.3) is 33.2 Å². The summed E-state index contributed by atoms with van der Waals surface area (Å²) in [7, 11) is -3.71. The van der Waals surface area contributed by atoms with E-state index in [2.05, 4.69) is 30.2 Å². The number of halogens is 3. The molecule has 0 unspecified atom stereocenters. The average molecular weight is 525 g/mol. The fourth-order valence-corrected chi connectivity index (χ4v) is 4.97. The molecule has 1 aromatic carbocycles. The van der Waals surface area contributed by atoms with Crippen LogP contribution in [0.4, 0.5) is 19.0 Å². The molecule has 0 saturated heterocycles. The number of rotatable bonds is 5. The van der Waals surface area contributed by atoms with Crippen LogP contribution in [-0.2, 0) is 9.84 Å². The van der Waals surface area contributed by atoms with Crippen LogP contribution >= 0.6 is 0 Å². The molecule has 0 saturated carbocycles. The molecule has 8 nitrogen and oxygen atoms in total. The van der Waals surface area contributed by atoms with E-state index in [0.29, 0.717) is 16.8 Å². The van der Waals surface area contributed by atoms with Crippen LogP contribution in [-0.4, -0.2) is 45.8 Å². The number of pyridine rings is 3. The minimum atomic E-state index is -4.79. The van der Waals surface area contributed by atoms with E-state index in [9.17, 15) is 21.6 Å². The lowest BCUT2D eigenvalue weighted by Crippen LogP contribution is -2.29. The number of aryl methyl sites for hydroxylation is 1. The van der Waals surface area contributed by atoms with Gasteiger partial charge in [0.15, 0.2) is 21.7 Å². The van der Waals surface area contributed by atoms with Gasteiger partial charge in [-0.15, -0.1) is 0 Å². The fraction of sp³-hybridized carbons (Fsp3) is 0.160. The van der Waals surface area contributed by atoms with Crippen molar-refractivity contribution in [2.45, 2.75) is 24.0 Å². The van der Waals surface area contributed by atoms with Crippen LogP contribution in [0.3, 0.4) is 0 Å². The zero-order chi connectivity index (χ0) is 26.4. The number of alkyl halides is 3. The summed E-state index contributed by atoms with van der Waals surface area (Å²) in [5, 5.41) is 2.74. The Morgan fingerprint density at radius 3 is 2.41 bits per heavy atom. The minimum Gasteiger partial charge on any atom is -0.353 e. The van der Waals surface area contributed by atoms with Crippen LogP contribution in [0.1, 0.15) is 17.3 Å². The van der Waals surface area contributed by atoms with Crippen LogP contribution in [0, 0.1) is 6.92 Å². The molecule has 0 bridgehead atoms. The Bertz CT molecular complexity index is 1750. The first-order chi connectivity index (χ1) is 17.5. The fourth-order valence-electron chi connectivity index (χ4n) is 4.13. The second-order valence-corrected chi connectivity index (χ2v) is 10.4. The molecule has 1 atom stereocenters. The van der Waals surface area contributed by atoms with Crippen molar-refractivity contribution in [2.75, 3.05) is 11.6 Å². The van der Waals surface area contributed by atoms with Gasteiger partial charge in [-0.3, -0.25) is 9.97 Å². The van der Waals surface area contributed by atoms with E-state index in [1.54, 1.807) is 31.2 Å². The maximum atomic E-state index is 14.7. The third kappa shape index (κ3) is 4.67. The van der Waals surface area contributed by atoms with Crippen molar-refractivity contribution in [1.82, 2.24) is 24.9 Å². The highest BCUT2D eigenvalue weighted by Gasteiger charge is 2.43. The number of hydrogen-bond acceptors (Lipinski definition) is 8. The number of benzene rings is 1. The predicted molar refractivity (Wildman–Crippen MR) is 133 cm³/mol. The first-order valence-electron chi connectivity index (χ1n) is 11.0. The molecule has 5 rings (SSSR count). The van der Waals surface area contributed by atoms with E-state index >= 15 is 0 Å². The monoisotopic (exact) mass is 524 g/mol. The maximum absolute atomic E-state index is 14.7. The lowest BCUT2D eigenvalue weighted by Gasteiger charge is -2.25. The van der Waals surface area contributed by atoms with Gasteiger partial charge in [0.25, 0.3) is 0 Å². The molecule has 4 heterocycles. The SMILES string of the molecule is Cc1ncccc1-c1nc2c(S(C)(=O)=O)cccc2cc1[C@@H](Nc1ncnc2cccnc12)C(F)(F)F. The van der Waals surface area contributed by atoms with Gasteiger partial charge in [-0.25, -0.2) is 23.4 Å². The predicted octanol–water partition coefficient (Wildman–Crippen LogP) is 5.06. The van der Waals surface area contributed by atoms with Crippen LogP contribution in [0.15, 0.2) is 72.1 Å². The molecule has 5 aromatic rings. The van der Waals surface area contributed by atoms with Gasteiger partial charge < -0.3 is 5.32 Å². The van der Waals surface area contributed by atoms with Crippen LogP contribution in [0.2, 0.25) is 0 Å². The smallest absolute Gasteiger partial charge is 0.353 e. The number of anilines is 1. The van der Waals surface area contributed by atoms with E-state index in [-0.39, 0.29) is 38.4 Å². The summed E-state index contributed by atoms with van der Waals surface area (Å²) in [6, 6.07) is 9.83. The first-order valence-corrected chi connectivity index (χ1v) is 12.9. The van der Waals surface area contributed by atoms with E-state index in [1.807, 2.05) is 0 Å². The summed E-state index contributed by atoms with van der Waals surface area (Å²) in [4.78, 5) is 20.9. The number of hydrogen-bond donors (Lipinski definition) is 1. The van der Waals surface area contributed by atoms with Crippen molar-refractivity contribution in [3.63, 3.8) is 0 Å². The zero-order valence-electron chi connectivity index (χ0n) is 19.5. The number of fused-ring (bicyclic) bond motifs is 2. The molecule has 188 valence electrons. The molecule has 0 amide bonds. The van der Waals surface area contributed by atoms with Crippen LogP contribution < -0.4 is 5.32 Å². The van der Waals surface area contributed by atoms with E-state index in [0.717, 1.165) is 12.6 Å². The lowest BCUT2D eigenvalue weighted by atomic mass is 9.96. The Balaban J connectivity index is 1.81. The summed E-state index contributed by atoms with van der Waals surface area (Å²) < 4.78 is 69.0. The molecule has 0 aliphatic carbocycles. The number of aromatic nitrogens is 5. The van der Waals surface area contributed by atoms with Gasteiger partial charge in [-0.2, -0.15) is 13.2 Å². The molecule has 12 heteroatoms. The molecular formula is C25H19F3N6O2S. The highest BCUT2D eigenvalue weighted by atomic mass is 32.2. The van der Waals surface area contributed by atoms with Crippen LogP contribution in [0.5, 0.6) is 0 Å². The topological polar surface area (TPSA) is 111 Å². The van der Waals surface area contributed by atoms with Gasteiger partial charge in [-0.05, 0) is 43.3 Å². The maximum Gasteiger partial charge on any atom is 0.412 e. The van der Waals surface area contributed by atoms with Crippen molar-refractivity contribution < 1.29 is 21.6 Å². The van der Waals surface area contributed by atoms with Gasteiger partial charge >= 0.3 is 6.18 Å². The third-order valence-electron chi connectivity index (χ3n) is 5.81. The molecule has 0 spiro atoms. The molecule has 1 N–H and O–H groups in total. The average Bonchev–Trinajstić information content (AvgIpc) is 2.85. The number of nitrogens with zero attached hydrogens (tertiary/aromatic N) is 5. The molecular weight excluding hydrogens is 505 g/mol. The Labute approximate surface area is 209 Å². The molecule has 37 heavy (non-hydrogen) atoms. The summed E-state index contributed by atoms with van der Waals surface area (Å²) in [5.74, 6) is -0.105. The zero-order valence-corrected chi connectivity index (χ0v) is 20.3. The quantitative estimate of drug-likeness (QED) is 0.340. The summed E-state index contributed by atoms with van der Waals surface area (Å²) >= 11 is 0. The molecule has 0 fully saturated rings. The van der Waals surface area contributed by atoms with Crippen molar-refractivity contribution in [2.24, 2.45) is 0 Å². The highest BCUT2D eigenvalue weighted by molar-refractivity contribution is 7.91. The summed E-state index contributed by atoms with van der Waals surface area (Å²) in [6.45, 7) is 1.64. The molecule has 4 aromatic heterocycles. The lowest BCUT2D eigenvalue weighted by molar-refractivity contribution is -0.143. The Hall–Kier alpha value is -4.19. The second-order valence-electron chi connectivity index (χ2n) is 8.37. The Morgan fingerprint density at radius 2 is 1.68 bits per heavy atom. The summed E-state index contributed by atoms with van der Waals surface area (Å²) in [5.41, 5.74) is 1.12. The standard InChI is InChI=1S/C25H19F3N6O2S/c1-14-16(7-4-10-29-14)21-17(12-15-6-3-9-19(20(15)33-21)37(2,35)36)23(25(26,27)28)34-24-22-18(31-13-32-24)8-5-11-30-22/h3-13,23H,1-2H3,(H,31,32,34)/t23-/m1/s1. The highest BCUT2D eigenvalue weighted by Crippen LogP contribution is 2.42.